The maximum Gasteiger partial charge on any atom is 0.219 e. The molecular formula is C29H25NO4S. The predicted octanol–water partition coefficient (Wildman–Crippen LogP) is 5.90. The molecule has 0 saturated heterocycles. The molecule has 4 aromatic rings. The second-order valence-electron chi connectivity index (χ2n) is 8.28. The Morgan fingerprint density at radius 3 is 2.71 bits per heavy atom. The van der Waals surface area contributed by atoms with Crippen LogP contribution in [-0.4, -0.2) is 19.1 Å². The van der Waals surface area contributed by atoms with Crippen molar-refractivity contribution in [2.75, 3.05) is 13.2 Å². The van der Waals surface area contributed by atoms with Crippen LogP contribution in [0.15, 0.2) is 66.0 Å². The molecule has 0 fully saturated rings. The molecule has 2 heterocycles. The summed E-state index contributed by atoms with van der Waals surface area (Å²) < 4.78 is 19.0. The van der Waals surface area contributed by atoms with Crippen molar-refractivity contribution in [1.82, 2.24) is 0 Å². The second kappa shape index (κ2) is 10.1. The summed E-state index contributed by atoms with van der Waals surface area (Å²) in [5.74, 6) is 7.71. The van der Waals surface area contributed by atoms with Gasteiger partial charge >= 0.3 is 0 Å². The number of para-hydroxylation sites is 1. The van der Waals surface area contributed by atoms with E-state index in [4.69, 9.17) is 19.9 Å². The van der Waals surface area contributed by atoms with E-state index < -0.39 is 0 Å². The zero-order valence-corrected chi connectivity index (χ0v) is 20.2. The molecule has 2 N–H and O–H groups in total. The highest BCUT2D eigenvalue weighted by atomic mass is 32.1. The maximum absolute atomic E-state index is 11.4. The van der Waals surface area contributed by atoms with Crippen LogP contribution in [0.25, 0.3) is 21.2 Å². The van der Waals surface area contributed by atoms with Crippen LogP contribution in [0.3, 0.4) is 0 Å². The van der Waals surface area contributed by atoms with Crippen LogP contribution in [0.1, 0.15) is 30.4 Å². The predicted molar refractivity (Wildman–Crippen MR) is 139 cm³/mol. The van der Waals surface area contributed by atoms with Gasteiger partial charge in [-0.2, -0.15) is 0 Å². The van der Waals surface area contributed by atoms with Gasteiger partial charge in [-0.15, -0.1) is 17.3 Å². The van der Waals surface area contributed by atoms with E-state index in [9.17, 15) is 4.79 Å². The van der Waals surface area contributed by atoms with Crippen molar-refractivity contribution in [3.63, 3.8) is 0 Å². The highest BCUT2D eigenvalue weighted by Crippen LogP contribution is 2.44. The maximum atomic E-state index is 11.4. The molecule has 6 heteroatoms. The average molecular weight is 484 g/mol. The third kappa shape index (κ3) is 4.96. The van der Waals surface area contributed by atoms with Gasteiger partial charge in [0.05, 0.1) is 5.92 Å². The third-order valence-electron chi connectivity index (χ3n) is 5.91. The Morgan fingerprint density at radius 1 is 1.09 bits per heavy atom. The van der Waals surface area contributed by atoms with Gasteiger partial charge in [-0.25, -0.2) is 0 Å². The van der Waals surface area contributed by atoms with Crippen LogP contribution in [0.2, 0.25) is 0 Å². The number of ether oxygens (including phenoxy) is 3. The zero-order valence-electron chi connectivity index (χ0n) is 19.4. The molecule has 35 heavy (non-hydrogen) atoms. The number of nitrogens with two attached hydrogens (primary N) is 1. The fourth-order valence-corrected chi connectivity index (χ4v) is 5.19. The van der Waals surface area contributed by atoms with Crippen molar-refractivity contribution in [3.8, 4) is 40.2 Å². The van der Waals surface area contributed by atoms with Crippen LogP contribution in [0, 0.1) is 11.8 Å². The largest absolute Gasteiger partial charge is 0.489 e. The topological polar surface area (TPSA) is 70.8 Å². The van der Waals surface area contributed by atoms with Crippen molar-refractivity contribution in [1.29, 1.82) is 0 Å². The number of benzene rings is 3. The Labute approximate surface area is 208 Å². The summed E-state index contributed by atoms with van der Waals surface area (Å²) in [4.78, 5) is 11.4. The highest BCUT2D eigenvalue weighted by Gasteiger charge is 2.19. The van der Waals surface area contributed by atoms with Gasteiger partial charge in [-0.05, 0) is 53.8 Å². The van der Waals surface area contributed by atoms with Crippen molar-refractivity contribution in [2.45, 2.75) is 25.9 Å². The first-order valence-electron chi connectivity index (χ1n) is 11.4. The number of carbonyl (C=O) groups is 1. The zero-order chi connectivity index (χ0) is 24.2. The minimum absolute atomic E-state index is 0.200. The number of thiophene rings is 1. The van der Waals surface area contributed by atoms with E-state index in [2.05, 4.69) is 41.5 Å². The summed E-state index contributed by atoms with van der Waals surface area (Å²) >= 11 is 1.71. The van der Waals surface area contributed by atoms with Gasteiger partial charge in [0, 0.05) is 27.6 Å². The summed E-state index contributed by atoms with van der Waals surface area (Å²) in [7, 11) is 0. The minimum atomic E-state index is -0.364. The van der Waals surface area contributed by atoms with Gasteiger partial charge in [-0.3, -0.25) is 4.79 Å². The van der Waals surface area contributed by atoms with E-state index >= 15 is 0 Å². The smallest absolute Gasteiger partial charge is 0.219 e. The third-order valence-corrected chi connectivity index (χ3v) is 6.87. The van der Waals surface area contributed by atoms with Gasteiger partial charge in [0.1, 0.15) is 25.6 Å². The Hall–Kier alpha value is -3.95. The lowest BCUT2D eigenvalue weighted by Crippen LogP contribution is -2.15. The van der Waals surface area contributed by atoms with Crippen LogP contribution in [-0.2, 0) is 11.4 Å². The average Bonchev–Trinajstić information content (AvgIpc) is 3.30. The number of hydrogen-bond donors (Lipinski definition) is 1. The molecule has 1 aromatic heterocycles. The number of rotatable bonds is 7. The fraction of sp³-hybridized carbons (Fsp3) is 0.207. The van der Waals surface area contributed by atoms with Crippen molar-refractivity contribution in [3.05, 3.63) is 77.2 Å². The highest BCUT2D eigenvalue weighted by molar-refractivity contribution is 7.17. The molecule has 0 radical (unpaired) electrons. The van der Waals surface area contributed by atoms with E-state index in [-0.39, 0.29) is 18.2 Å². The molecule has 5 rings (SSSR count). The Bertz CT molecular complexity index is 1430. The molecule has 0 unspecified atom stereocenters. The molecule has 1 amide bonds. The fourth-order valence-electron chi connectivity index (χ4n) is 4.25. The van der Waals surface area contributed by atoms with Gasteiger partial charge in [0.2, 0.25) is 5.91 Å². The SMILES string of the molecule is CC#C[C@@H](CC(N)=O)c1ccc(OCc2ccc3scc(-c4cccc5c4OCCO5)c3c2)cc1. The van der Waals surface area contributed by atoms with Gasteiger partial charge in [0.25, 0.3) is 0 Å². The molecular weight excluding hydrogens is 458 g/mol. The van der Waals surface area contributed by atoms with E-state index in [1.807, 2.05) is 36.4 Å². The number of primary amides is 1. The summed E-state index contributed by atoms with van der Waals surface area (Å²) in [6, 6.07) is 20.1. The molecule has 1 aliphatic heterocycles. The number of amides is 1. The van der Waals surface area contributed by atoms with Crippen molar-refractivity contribution in [2.24, 2.45) is 5.73 Å². The van der Waals surface area contributed by atoms with E-state index in [1.165, 1.54) is 10.1 Å². The monoisotopic (exact) mass is 483 g/mol. The van der Waals surface area contributed by atoms with Gasteiger partial charge in [-0.1, -0.05) is 36.3 Å². The molecule has 3 aromatic carbocycles. The lowest BCUT2D eigenvalue weighted by molar-refractivity contribution is -0.118. The van der Waals surface area contributed by atoms with E-state index in [1.54, 1.807) is 18.3 Å². The number of fused-ring (bicyclic) bond motifs is 2. The van der Waals surface area contributed by atoms with Crippen LogP contribution in [0.4, 0.5) is 0 Å². The summed E-state index contributed by atoms with van der Waals surface area (Å²) in [6.07, 6.45) is 0.200. The molecule has 1 atom stereocenters. The standard InChI is InChI=1S/C29H25NO4S/c1-2-4-21(16-28(30)31)20-8-10-22(11-9-20)34-17-19-7-12-27-24(15-19)25(18-35-27)23-5-3-6-26-29(23)33-14-13-32-26/h3,5-12,15,18,21H,13-14,16-17H2,1H3,(H2,30,31)/t21-/m0/s1. The Kier molecular flexibility index (Phi) is 6.60. The summed E-state index contributed by atoms with van der Waals surface area (Å²) in [6.45, 7) is 3.32. The first kappa shape index (κ1) is 22.8. The molecule has 0 saturated carbocycles. The summed E-state index contributed by atoms with van der Waals surface area (Å²) in [5.41, 5.74) is 9.58. The molecule has 0 bridgehead atoms. The van der Waals surface area contributed by atoms with Crippen molar-refractivity contribution >= 4 is 27.3 Å². The second-order valence-corrected chi connectivity index (χ2v) is 9.20. The normalized spacial score (nSPS) is 13.1. The van der Waals surface area contributed by atoms with Crippen molar-refractivity contribution < 1.29 is 19.0 Å². The first-order valence-corrected chi connectivity index (χ1v) is 12.3. The van der Waals surface area contributed by atoms with Gasteiger partial charge in [0.15, 0.2) is 11.5 Å². The van der Waals surface area contributed by atoms with Gasteiger partial charge < -0.3 is 19.9 Å². The first-order chi connectivity index (χ1) is 17.1. The van der Waals surface area contributed by atoms with E-state index in [0.29, 0.717) is 19.8 Å². The van der Waals surface area contributed by atoms with E-state index in [0.717, 1.165) is 39.5 Å². The molecule has 1 aliphatic rings. The summed E-state index contributed by atoms with van der Waals surface area (Å²) in [5, 5.41) is 3.34. The molecule has 176 valence electrons. The number of hydrogen-bond acceptors (Lipinski definition) is 5. The lowest BCUT2D eigenvalue weighted by Gasteiger charge is -2.20. The van der Waals surface area contributed by atoms with Crippen LogP contribution >= 0.6 is 11.3 Å². The Balaban J connectivity index is 1.35. The molecule has 5 nitrogen and oxygen atoms in total. The molecule has 0 aliphatic carbocycles. The Morgan fingerprint density at radius 2 is 1.91 bits per heavy atom. The molecule has 0 spiro atoms. The quantitative estimate of drug-likeness (QED) is 0.332. The number of carbonyl (C=O) groups excluding carboxylic acids is 1. The van der Waals surface area contributed by atoms with Crippen LogP contribution < -0.4 is 19.9 Å². The van der Waals surface area contributed by atoms with Crippen LogP contribution in [0.5, 0.6) is 17.2 Å². The minimum Gasteiger partial charge on any atom is -0.489 e. The lowest BCUT2D eigenvalue weighted by atomic mass is 9.96.